The maximum Gasteiger partial charge on any atom is 0.304 e. The van der Waals surface area contributed by atoms with Gasteiger partial charge in [0.2, 0.25) is 11.8 Å². The number of amides is 2. The van der Waals surface area contributed by atoms with Gasteiger partial charge in [-0.1, -0.05) is 30.3 Å². The van der Waals surface area contributed by atoms with Gasteiger partial charge in [-0.15, -0.1) is 11.3 Å². The molecule has 9 nitrogen and oxygen atoms in total. The smallest absolute Gasteiger partial charge is 0.304 e. The number of carbonyl (C=O) groups is 3. The number of anilines is 2. The van der Waals surface area contributed by atoms with E-state index in [-0.39, 0.29) is 24.3 Å². The summed E-state index contributed by atoms with van der Waals surface area (Å²) in [7, 11) is 0. The number of hydrogen-bond donors (Lipinski definition) is 1. The number of benzene rings is 1. The van der Waals surface area contributed by atoms with Crippen LogP contribution in [0.2, 0.25) is 0 Å². The van der Waals surface area contributed by atoms with Crippen molar-refractivity contribution >= 4 is 40.1 Å². The quantitative estimate of drug-likeness (QED) is 0.259. The van der Waals surface area contributed by atoms with E-state index in [0.29, 0.717) is 47.6 Å². The molecule has 1 aromatic carbocycles. The SMILES string of the molecule is Cc1cc(-c2csc(N(C(=O)[C@@H](CC(=O)O)Cc3ccccc3)C3CC3)n2)c(-c2ccc(N3CCCC3=O)nc2)o1. The molecular formula is C31H30N4O5S. The number of rotatable bonds is 10. The number of furan rings is 1. The fourth-order valence-electron chi connectivity index (χ4n) is 5.30. The van der Waals surface area contributed by atoms with Crippen LogP contribution in [0, 0.1) is 12.8 Å². The van der Waals surface area contributed by atoms with Crippen LogP contribution >= 0.6 is 11.3 Å². The molecule has 0 radical (unpaired) electrons. The van der Waals surface area contributed by atoms with Gasteiger partial charge in [0, 0.05) is 41.7 Å². The third-order valence-electron chi connectivity index (χ3n) is 7.43. The van der Waals surface area contributed by atoms with Crippen molar-refractivity contribution in [3.8, 4) is 22.6 Å². The van der Waals surface area contributed by atoms with E-state index >= 15 is 0 Å². The Kier molecular flexibility index (Phi) is 7.40. The molecule has 1 aliphatic heterocycles. The van der Waals surface area contributed by atoms with E-state index in [2.05, 4.69) is 4.98 Å². The molecular weight excluding hydrogens is 540 g/mol. The predicted octanol–water partition coefficient (Wildman–Crippen LogP) is 5.73. The third kappa shape index (κ3) is 5.78. The third-order valence-corrected chi connectivity index (χ3v) is 8.27. The van der Waals surface area contributed by atoms with Crippen molar-refractivity contribution in [3.63, 3.8) is 0 Å². The Balaban J connectivity index is 1.27. The van der Waals surface area contributed by atoms with Crippen molar-refractivity contribution in [2.75, 3.05) is 16.3 Å². The van der Waals surface area contributed by atoms with Crippen LogP contribution < -0.4 is 9.80 Å². The fourth-order valence-corrected chi connectivity index (χ4v) is 6.20. The van der Waals surface area contributed by atoms with E-state index in [4.69, 9.17) is 9.40 Å². The zero-order valence-electron chi connectivity index (χ0n) is 22.7. The zero-order valence-corrected chi connectivity index (χ0v) is 23.5. The number of aliphatic carboxylic acids is 1. The maximum absolute atomic E-state index is 13.8. The lowest BCUT2D eigenvalue weighted by Crippen LogP contribution is -2.39. The van der Waals surface area contributed by atoms with Gasteiger partial charge in [-0.05, 0) is 56.4 Å². The van der Waals surface area contributed by atoms with E-state index in [0.717, 1.165) is 36.0 Å². The first-order chi connectivity index (χ1) is 19.9. The average Bonchev–Trinajstić information content (AvgIpc) is 3.31. The maximum atomic E-state index is 13.8. The molecule has 0 bridgehead atoms. The van der Waals surface area contributed by atoms with Gasteiger partial charge in [0.1, 0.15) is 17.3 Å². The Morgan fingerprint density at radius 1 is 1.20 bits per heavy atom. The Hall–Kier alpha value is -4.31. The predicted molar refractivity (Wildman–Crippen MR) is 156 cm³/mol. The topological polar surface area (TPSA) is 117 Å². The summed E-state index contributed by atoms with van der Waals surface area (Å²) in [6, 6.07) is 15.2. The molecule has 4 heterocycles. The average molecular weight is 571 g/mol. The standard InChI is InChI=1S/C31H30N4O5S/c1-19-14-24(29(40-19)21-9-12-26(32-17-21)34-13-5-8-27(34)36)25-18-41-31(33-25)35(23-10-11-23)30(39)22(16-28(37)38)15-20-6-3-2-4-7-20/h2-4,6-7,9,12,14,17-18,22-23H,5,8,10-11,13,15-16H2,1H3,(H,37,38)/t22-/m1/s1. The van der Waals surface area contributed by atoms with Crippen LogP contribution in [0.5, 0.6) is 0 Å². The van der Waals surface area contributed by atoms with Crippen molar-refractivity contribution in [2.24, 2.45) is 5.92 Å². The number of carboxylic acids is 1. The van der Waals surface area contributed by atoms with Gasteiger partial charge in [-0.25, -0.2) is 9.97 Å². The highest BCUT2D eigenvalue weighted by Crippen LogP contribution is 2.40. The van der Waals surface area contributed by atoms with Gasteiger partial charge in [0.05, 0.1) is 18.0 Å². The number of aryl methyl sites for hydroxylation is 1. The zero-order chi connectivity index (χ0) is 28.5. The van der Waals surface area contributed by atoms with Crippen LogP contribution in [-0.4, -0.2) is 45.4 Å². The van der Waals surface area contributed by atoms with Crippen LogP contribution in [0.3, 0.4) is 0 Å². The summed E-state index contributed by atoms with van der Waals surface area (Å²) in [5, 5.41) is 12.0. The lowest BCUT2D eigenvalue weighted by atomic mass is 9.94. The molecule has 210 valence electrons. The van der Waals surface area contributed by atoms with Crippen LogP contribution in [0.4, 0.5) is 10.9 Å². The summed E-state index contributed by atoms with van der Waals surface area (Å²) in [6.07, 6.45) is 4.91. The molecule has 10 heteroatoms. The van der Waals surface area contributed by atoms with Crippen molar-refractivity contribution in [1.29, 1.82) is 0 Å². The number of hydrogen-bond acceptors (Lipinski definition) is 7. The molecule has 2 amide bonds. The van der Waals surface area contributed by atoms with E-state index in [1.54, 1.807) is 16.0 Å². The van der Waals surface area contributed by atoms with Gasteiger partial charge >= 0.3 is 5.97 Å². The highest BCUT2D eigenvalue weighted by molar-refractivity contribution is 7.14. The second-order valence-electron chi connectivity index (χ2n) is 10.6. The highest BCUT2D eigenvalue weighted by atomic mass is 32.1. The van der Waals surface area contributed by atoms with E-state index in [9.17, 15) is 19.5 Å². The Morgan fingerprint density at radius 3 is 2.66 bits per heavy atom. The summed E-state index contributed by atoms with van der Waals surface area (Å²) >= 11 is 1.37. The van der Waals surface area contributed by atoms with Crippen molar-refractivity contribution < 1.29 is 23.9 Å². The number of thiazole rings is 1. The highest BCUT2D eigenvalue weighted by Gasteiger charge is 2.39. The van der Waals surface area contributed by atoms with E-state index < -0.39 is 11.9 Å². The monoisotopic (exact) mass is 570 g/mol. The minimum absolute atomic E-state index is 0.0177. The van der Waals surface area contributed by atoms with Gasteiger partial charge in [-0.2, -0.15) is 0 Å². The largest absolute Gasteiger partial charge is 0.481 e. The van der Waals surface area contributed by atoms with Crippen molar-refractivity contribution in [1.82, 2.24) is 9.97 Å². The molecule has 3 aromatic heterocycles. The van der Waals surface area contributed by atoms with Gasteiger partial charge < -0.3 is 9.52 Å². The molecule has 1 saturated carbocycles. The minimum atomic E-state index is -0.998. The number of carboxylic acid groups (broad SMARTS) is 1. The molecule has 1 atom stereocenters. The number of nitrogens with zero attached hydrogens (tertiary/aromatic N) is 4. The minimum Gasteiger partial charge on any atom is -0.481 e. The van der Waals surface area contributed by atoms with E-state index in [1.807, 2.05) is 60.8 Å². The van der Waals surface area contributed by atoms with Gasteiger partial charge in [0.25, 0.3) is 0 Å². The summed E-state index contributed by atoms with van der Waals surface area (Å²) in [6.45, 7) is 2.54. The summed E-state index contributed by atoms with van der Waals surface area (Å²) in [4.78, 5) is 50.5. The fraction of sp³-hybridized carbons (Fsp3) is 0.323. The Bertz CT molecular complexity index is 1580. The van der Waals surface area contributed by atoms with Crippen LogP contribution in [0.15, 0.2) is 64.5 Å². The molecule has 2 fully saturated rings. The normalized spacial score (nSPS) is 15.7. The second kappa shape index (κ2) is 11.3. The molecule has 2 aliphatic rings. The molecule has 1 N–H and O–H groups in total. The molecule has 0 spiro atoms. The number of aromatic nitrogens is 2. The van der Waals surface area contributed by atoms with Crippen LogP contribution in [0.25, 0.3) is 22.6 Å². The summed E-state index contributed by atoms with van der Waals surface area (Å²) in [5.74, 6) is 0.135. The van der Waals surface area contributed by atoms with Crippen molar-refractivity contribution in [3.05, 3.63) is 71.4 Å². The first-order valence-electron chi connectivity index (χ1n) is 13.8. The van der Waals surface area contributed by atoms with E-state index in [1.165, 1.54) is 11.3 Å². The molecule has 1 aliphatic carbocycles. The number of carbonyl (C=O) groups excluding carboxylic acids is 2. The molecule has 6 rings (SSSR count). The summed E-state index contributed by atoms with van der Waals surface area (Å²) in [5.41, 5.74) is 3.14. The lowest BCUT2D eigenvalue weighted by molar-refractivity contribution is -0.140. The molecule has 0 unspecified atom stereocenters. The molecule has 41 heavy (non-hydrogen) atoms. The first-order valence-corrected chi connectivity index (χ1v) is 14.7. The van der Waals surface area contributed by atoms with Gasteiger partial charge in [-0.3, -0.25) is 24.2 Å². The van der Waals surface area contributed by atoms with Crippen LogP contribution in [-0.2, 0) is 20.8 Å². The lowest BCUT2D eigenvalue weighted by Gasteiger charge is -2.24. The summed E-state index contributed by atoms with van der Waals surface area (Å²) < 4.78 is 6.07. The van der Waals surface area contributed by atoms with Crippen LogP contribution in [0.1, 0.15) is 43.4 Å². The Morgan fingerprint density at radius 2 is 2.00 bits per heavy atom. The first kappa shape index (κ1) is 26.9. The van der Waals surface area contributed by atoms with Gasteiger partial charge in [0.15, 0.2) is 5.13 Å². The van der Waals surface area contributed by atoms with Crippen molar-refractivity contribution in [2.45, 2.75) is 51.5 Å². The molecule has 4 aromatic rings. The molecule has 1 saturated heterocycles. The Labute approximate surface area is 241 Å². The second-order valence-corrected chi connectivity index (χ2v) is 11.4. The number of pyridine rings is 1.